The second-order valence-electron chi connectivity index (χ2n) is 10.4. The van der Waals surface area contributed by atoms with Gasteiger partial charge in [-0.2, -0.15) is 0 Å². The fourth-order valence-electron chi connectivity index (χ4n) is 4.79. The second-order valence-corrected chi connectivity index (χ2v) is 10.4. The first-order valence-electron chi connectivity index (χ1n) is 13.3. The molecule has 39 heavy (non-hydrogen) atoms. The summed E-state index contributed by atoms with van der Waals surface area (Å²) in [7, 11) is 0. The minimum atomic E-state index is 0.708. The SMILES string of the molecule is Cc1ccc(C2=CC(c3ccc(C)cc3)=N/C2=N/c2[nH]c(-c3ccc(C)cc3)cc2-c2ccc(C)cc2)cc1. The van der Waals surface area contributed by atoms with Crippen LogP contribution in [0.1, 0.15) is 33.4 Å². The van der Waals surface area contributed by atoms with Gasteiger partial charge in [-0.3, -0.25) is 0 Å². The van der Waals surface area contributed by atoms with Gasteiger partial charge in [-0.15, -0.1) is 0 Å². The van der Waals surface area contributed by atoms with E-state index in [1.165, 1.54) is 22.3 Å². The van der Waals surface area contributed by atoms with E-state index < -0.39 is 0 Å². The van der Waals surface area contributed by atoms with Crippen molar-refractivity contribution in [1.82, 2.24) is 4.98 Å². The number of aryl methyl sites for hydroxylation is 4. The van der Waals surface area contributed by atoms with Gasteiger partial charge in [0.1, 0.15) is 5.82 Å². The number of aromatic nitrogens is 1. The number of allylic oxidation sites excluding steroid dienone is 1. The minimum absolute atomic E-state index is 0.708. The van der Waals surface area contributed by atoms with Crippen LogP contribution >= 0.6 is 0 Å². The monoisotopic (exact) mass is 505 g/mol. The van der Waals surface area contributed by atoms with Gasteiger partial charge in [-0.1, -0.05) is 119 Å². The Labute approximate surface area is 230 Å². The summed E-state index contributed by atoms with van der Waals surface area (Å²) in [6.45, 7) is 8.42. The number of H-pyrrole nitrogens is 1. The fraction of sp³-hybridized carbons (Fsp3) is 0.111. The minimum Gasteiger partial charge on any atom is -0.339 e. The molecule has 0 saturated heterocycles. The van der Waals surface area contributed by atoms with Gasteiger partial charge in [0.05, 0.1) is 5.71 Å². The van der Waals surface area contributed by atoms with Crippen molar-refractivity contribution >= 4 is 22.9 Å². The third-order valence-corrected chi connectivity index (χ3v) is 7.20. The fourth-order valence-corrected chi connectivity index (χ4v) is 4.79. The van der Waals surface area contributed by atoms with Crippen molar-refractivity contribution in [2.75, 3.05) is 0 Å². The molecule has 2 heterocycles. The van der Waals surface area contributed by atoms with Crippen molar-refractivity contribution in [3.63, 3.8) is 0 Å². The van der Waals surface area contributed by atoms with E-state index in [-0.39, 0.29) is 0 Å². The highest BCUT2D eigenvalue weighted by atomic mass is 15.0. The van der Waals surface area contributed by atoms with Crippen molar-refractivity contribution in [2.24, 2.45) is 9.98 Å². The molecule has 0 radical (unpaired) electrons. The smallest absolute Gasteiger partial charge is 0.162 e. The number of nitrogens with one attached hydrogen (secondary N) is 1. The zero-order valence-corrected chi connectivity index (χ0v) is 22.8. The van der Waals surface area contributed by atoms with E-state index in [1.807, 2.05) is 0 Å². The summed E-state index contributed by atoms with van der Waals surface area (Å²) in [6, 6.07) is 36.5. The van der Waals surface area contributed by atoms with Crippen LogP contribution in [0.3, 0.4) is 0 Å². The molecule has 0 bridgehead atoms. The first-order valence-corrected chi connectivity index (χ1v) is 13.3. The maximum atomic E-state index is 5.20. The Bertz CT molecular complexity index is 1730. The number of rotatable bonds is 5. The number of nitrogens with zero attached hydrogens (tertiary/aromatic N) is 2. The zero-order chi connectivity index (χ0) is 26.9. The Balaban J connectivity index is 1.51. The Morgan fingerprint density at radius 3 is 1.54 bits per heavy atom. The van der Waals surface area contributed by atoms with E-state index in [2.05, 4.69) is 142 Å². The average molecular weight is 506 g/mol. The van der Waals surface area contributed by atoms with Crippen molar-refractivity contribution in [1.29, 1.82) is 0 Å². The van der Waals surface area contributed by atoms with Gasteiger partial charge in [0.2, 0.25) is 0 Å². The number of aliphatic imine (C=N–C) groups is 2. The molecule has 1 N–H and O–H groups in total. The number of hydrogen-bond acceptors (Lipinski definition) is 1. The first kappa shape index (κ1) is 24.6. The maximum Gasteiger partial charge on any atom is 0.162 e. The van der Waals surface area contributed by atoms with Gasteiger partial charge in [-0.05, 0) is 56.5 Å². The average Bonchev–Trinajstić information content (AvgIpc) is 3.55. The molecule has 1 aromatic heterocycles. The standard InChI is InChI=1S/C36H31N3/c1-23-5-13-27(14-6-23)31-21-33(29-17-9-25(3)10-18-29)37-35(31)39-36-32(28-15-7-24(2)8-16-28)22-34(38-36)30-19-11-26(4)12-20-30/h5-22,37H,1-4H3/b39-36+. The van der Waals surface area contributed by atoms with Crippen LogP contribution in [-0.4, -0.2) is 16.5 Å². The predicted molar refractivity (Wildman–Crippen MR) is 165 cm³/mol. The predicted octanol–water partition coefficient (Wildman–Crippen LogP) is 9.20. The molecule has 1 aliphatic heterocycles. The third kappa shape index (κ3) is 5.17. The highest BCUT2D eigenvalue weighted by molar-refractivity contribution is 6.38. The number of hydrogen-bond donors (Lipinski definition) is 1. The summed E-state index contributed by atoms with van der Waals surface area (Å²) in [5.74, 6) is 1.51. The normalized spacial score (nSPS) is 14.0. The van der Waals surface area contributed by atoms with Crippen LogP contribution in [0.15, 0.2) is 119 Å². The lowest BCUT2D eigenvalue weighted by Crippen LogP contribution is -1.96. The molecular formula is C36H31N3. The summed E-state index contributed by atoms with van der Waals surface area (Å²) >= 11 is 0. The summed E-state index contributed by atoms with van der Waals surface area (Å²) < 4.78 is 0. The third-order valence-electron chi connectivity index (χ3n) is 7.20. The van der Waals surface area contributed by atoms with E-state index in [1.54, 1.807) is 0 Å². The lowest BCUT2D eigenvalue weighted by Gasteiger charge is -2.06. The van der Waals surface area contributed by atoms with Crippen LogP contribution in [0.25, 0.3) is 28.0 Å². The Kier molecular flexibility index (Phi) is 6.42. The molecule has 0 atom stereocenters. The summed E-state index contributed by atoms with van der Waals surface area (Å²) in [4.78, 5) is 13.9. The van der Waals surface area contributed by atoms with Gasteiger partial charge < -0.3 is 4.98 Å². The van der Waals surface area contributed by atoms with Crippen molar-refractivity contribution < 1.29 is 0 Å². The molecule has 1 aliphatic rings. The zero-order valence-electron chi connectivity index (χ0n) is 22.8. The number of amidine groups is 1. The van der Waals surface area contributed by atoms with Crippen LogP contribution < -0.4 is 0 Å². The molecule has 0 spiro atoms. The number of aromatic amines is 1. The lowest BCUT2D eigenvalue weighted by atomic mass is 10.0. The number of benzene rings is 4. The van der Waals surface area contributed by atoms with Gasteiger partial charge in [0.15, 0.2) is 5.84 Å². The highest BCUT2D eigenvalue weighted by Crippen LogP contribution is 2.37. The molecule has 0 aliphatic carbocycles. The van der Waals surface area contributed by atoms with E-state index in [0.717, 1.165) is 50.6 Å². The largest absolute Gasteiger partial charge is 0.339 e. The molecule has 6 rings (SSSR count). The van der Waals surface area contributed by atoms with E-state index >= 15 is 0 Å². The Morgan fingerprint density at radius 1 is 0.538 bits per heavy atom. The maximum absolute atomic E-state index is 5.20. The van der Waals surface area contributed by atoms with Gasteiger partial charge >= 0.3 is 0 Å². The van der Waals surface area contributed by atoms with Gasteiger partial charge in [0.25, 0.3) is 0 Å². The van der Waals surface area contributed by atoms with Crippen molar-refractivity contribution in [2.45, 2.75) is 27.7 Å². The van der Waals surface area contributed by atoms with Gasteiger partial charge in [0, 0.05) is 22.4 Å². The molecule has 0 saturated carbocycles. The molecule has 3 heteroatoms. The lowest BCUT2D eigenvalue weighted by molar-refractivity contribution is 1.32. The molecule has 4 aromatic carbocycles. The van der Waals surface area contributed by atoms with Crippen LogP contribution in [0.5, 0.6) is 0 Å². The topological polar surface area (TPSA) is 40.5 Å². The van der Waals surface area contributed by atoms with Crippen molar-refractivity contribution in [3.05, 3.63) is 143 Å². The Hall–Kier alpha value is -4.76. The van der Waals surface area contributed by atoms with E-state index in [4.69, 9.17) is 9.98 Å². The Morgan fingerprint density at radius 2 is 1.00 bits per heavy atom. The highest BCUT2D eigenvalue weighted by Gasteiger charge is 2.21. The van der Waals surface area contributed by atoms with Crippen molar-refractivity contribution in [3.8, 4) is 22.4 Å². The molecular weight excluding hydrogens is 474 g/mol. The van der Waals surface area contributed by atoms with Gasteiger partial charge in [-0.25, -0.2) is 9.98 Å². The second kappa shape index (κ2) is 10.2. The molecule has 190 valence electrons. The molecule has 0 amide bonds. The van der Waals surface area contributed by atoms with Crippen LogP contribution in [-0.2, 0) is 0 Å². The van der Waals surface area contributed by atoms with Crippen LogP contribution in [0.2, 0.25) is 0 Å². The van der Waals surface area contributed by atoms with Crippen LogP contribution in [0.4, 0.5) is 5.82 Å². The molecule has 3 nitrogen and oxygen atoms in total. The first-order chi connectivity index (χ1) is 18.9. The summed E-state index contributed by atoms with van der Waals surface area (Å²) in [6.07, 6.45) is 2.16. The van der Waals surface area contributed by atoms with Crippen LogP contribution in [0, 0.1) is 27.7 Å². The molecule has 5 aromatic rings. The molecule has 0 unspecified atom stereocenters. The molecule has 0 fully saturated rings. The summed E-state index contributed by atoms with van der Waals surface area (Å²) in [5, 5.41) is 0. The summed E-state index contributed by atoms with van der Waals surface area (Å²) in [5.41, 5.74) is 13.4. The van der Waals surface area contributed by atoms with E-state index in [9.17, 15) is 0 Å². The quantitative estimate of drug-likeness (QED) is 0.247. The van der Waals surface area contributed by atoms with E-state index in [0.29, 0.717) is 5.84 Å².